The highest BCUT2D eigenvalue weighted by Gasteiger charge is 2.10. The van der Waals surface area contributed by atoms with Gasteiger partial charge in [0.2, 0.25) is 5.88 Å². The maximum absolute atomic E-state index is 6.00. The Morgan fingerprint density at radius 3 is 2.75 bits per heavy atom. The summed E-state index contributed by atoms with van der Waals surface area (Å²) >= 11 is 6.00. The largest absolute Gasteiger partial charge is 0.481 e. The SMILES string of the molecule is COc1ccc(Cn2c(CCl)nc3ccccc32)cn1. The van der Waals surface area contributed by atoms with Crippen molar-refractivity contribution < 1.29 is 4.74 Å². The zero-order valence-corrected chi connectivity index (χ0v) is 11.8. The second-order valence-electron chi connectivity index (χ2n) is 4.45. The molecule has 0 saturated heterocycles. The number of pyridine rings is 1. The Hall–Kier alpha value is -2.07. The Balaban J connectivity index is 2.00. The van der Waals surface area contributed by atoms with E-state index in [1.165, 1.54) is 0 Å². The molecule has 4 nitrogen and oxygen atoms in total. The normalized spacial score (nSPS) is 10.9. The molecule has 5 heteroatoms. The van der Waals surface area contributed by atoms with Crippen LogP contribution in [0.25, 0.3) is 11.0 Å². The summed E-state index contributed by atoms with van der Waals surface area (Å²) in [7, 11) is 1.61. The van der Waals surface area contributed by atoms with E-state index in [0.717, 1.165) is 22.4 Å². The molecule has 0 spiro atoms. The van der Waals surface area contributed by atoms with Crippen molar-refractivity contribution in [1.29, 1.82) is 0 Å². The molecule has 0 saturated carbocycles. The first kappa shape index (κ1) is 12.9. The Labute approximate surface area is 122 Å². The van der Waals surface area contributed by atoms with Crippen LogP contribution in [0, 0.1) is 0 Å². The number of imidazole rings is 1. The molecule has 0 fully saturated rings. The van der Waals surface area contributed by atoms with Crippen LogP contribution in [0.15, 0.2) is 42.6 Å². The van der Waals surface area contributed by atoms with Crippen LogP contribution in [0.3, 0.4) is 0 Å². The van der Waals surface area contributed by atoms with E-state index in [4.69, 9.17) is 16.3 Å². The first-order chi connectivity index (χ1) is 9.81. The van der Waals surface area contributed by atoms with E-state index in [9.17, 15) is 0 Å². The van der Waals surface area contributed by atoms with Gasteiger partial charge in [-0.05, 0) is 17.7 Å². The van der Waals surface area contributed by atoms with Gasteiger partial charge in [0.05, 0.1) is 30.6 Å². The molecular weight excluding hydrogens is 274 g/mol. The van der Waals surface area contributed by atoms with E-state index in [2.05, 4.69) is 20.6 Å². The molecule has 0 bridgehead atoms. The van der Waals surface area contributed by atoms with Gasteiger partial charge in [-0.25, -0.2) is 9.97 Å². The molecule has 2 heterocycles. The second kappa shape index (κ2) is 5.51. The summed E-state index contributed by atoms with van der Waals surface area (Å²) in [6, 6.07) is 11.9. The van der Waals surface area contributed by atoms with Crippen molar-refractivity contribution in [2.75, 3.05) is 7.11 Å². The molecule has 0 aliphatic rings. The van der Waals surface area contributed by atoms with Gasteiger partial charge in [-0.15, -0.1) is 11.6 Å². The summed E-state index contributed by atoms with van der Waals surface area (Å²) < 4.78 is 7.19. The van der Waals surface area contributed by atoms with Crippen molar-refractivity contribution in [3.8, 4) is 5.88 Å². The molecule has 102 valence electrons. The zero-order chi connectivity index (χ0) is 13.9. The van der Waals surface area contributed by atoms with Gasteiger partial charge in [0, 0.05) is 12.3 Å². The van der Waals surface area contributed by atoms with Gasteiger partial charge in [-0.1, -0.05) is 18.2 Å². The highest BCUT2D eigenvalue weighted by atomic mass is 35.5. The van der Waals surface area contributed by atoms with E-state index in [1.54, 1.807) is 7.11 Å². The summed E-state index contributed by atoms with van der Waals surface area (Å²) in [5, 5.41) is 0. The molecule has 20 heavy (non-hydrogen) atoms. The number of fused-ring (bicyclic) bond motifs is 1. The molecule has 0 atom stereocenters. The lowest BCUT2D eigenvalue weighted by Crippen LogP contribution is -2.04. The van der Waals surface area contributed by atoms with Crippen LogP contribution in [0.4, 0.5) is 0 Å². The molecule has 0 N–H and O–H groups in total. The fourth-order valence-corrected chi connectivity index (χ4v) is 2.42. The zero-order valence-electron chi connectivity index (χ0n) is 11.1. The van der Waals surface area contributed by atoms with Gasteiger partial charge in [-0.3, -0.25) is 0 Å². The van der Waals surface area contributed by atoms with Crippen molar-refractivity contribution in [1.82, 2.24) is 14.5 Å². The predicted octanol–water partition coefficient (Wildman–Crippen LogP) is 3.23. The van der Waals surface area contributed by atoms with Crippen molar-refractivity contribution in [3.05, 3.63) is 54.0 Å². The van der Waals surface area contributed by atoms with Crippen molar-refractivity contribution in [2.45, 2.75) is 12.4 Å². The minimum absolute atomic E-state index is 0.387. The number of rotatable bonds is 4. The third-order valence-corrected chi connectivity index (χ3v) is 3.44. The minimum Gasteiger partial charge on any atom is -0.481 e. The summed E-state index contributed by atoms with van der Waals surface area (Å²) in [6.07, 6.45) is 1.81. The van der Waals surface area contributed by atoms with Gasteiger partial charge in [0.1, 0.15) is 5.82 Å². The summed E-state index contributed by atoms with van der Waals surface area (Å²) in [6.45, 7) is 0.694. The van der Waals surface area contributed by atoms with E-state index in [1.807, 2.05) is 36.5 Å². The monoisotopic (exact) mass is 287 g/mol. The number of aromatic nitrogens is 3. The highest BCUT2D eigenvalue weighted by molar-refractivity contribution is 6.16. The number of nitrogens with zero attached hydrogens (tertiary/aromatic N) is 3. The number of hydrogen-bond donors (Lipinski definition) is 0. The molecule has 3 aromatic rings. The maximum atomic E-state index is 6.00. The average molecular weight is 288 g/mol. The van der Waals surface area contributed by atoms with Crippen molar-refractivity contribution >= 4 is 22.6 Å². The van der Waals surface area contributed by atoms with Crippen LogP contribution < -0.4 is 4.74 Å². The van der Waals surface area contributed by atoms with Crippen LogP contribution in [-0.4, -0.2) is 21.6 Å². The third kappa shape index (κ3) is 2.34. The molecular formula is C15H14ClN3O. The maximum Gasteiger partial charge on any atom is 0.212 e. The van der Waals surface area contributed by atoms with E-state index in [0.29, 0.717) is 18.3 Å². The Morgan fingerprint density at radius 2 is 2.05 bits per heavy atom. The van der Waals surface area contributed by atoms with E-state index in [-0.39, 0.29) is 0 Å². The Bertz CT molecular complexity index is 722. The summed E-state index contributed by atoms with van der Waals surface area (Å²) in [4.78, 5) is 8.77. The molecule has 0 aliphatic heterocycles. The van der Waals surface area contributed by atoms with Crippen molar-refractivity contribution in [3.63, 3.8) is 0 Å². The second-order valence-corrected chi connectivity index (χ2v) is 4.71. The Kier molecular flexibility index (Phi) is 3.56. The number of ether oxygens (including phenoxy) is 1. The molecule has 0 radical (unpaired) electrons. The van der Waals surface area contributed by atoms with Gasteiger partial charge in [0.25, 0.3) is 0 Å². The molecule has 0 aliphatic carbocycles. The number of benzene rings is 1. The van der Waals surface area contributed by atoms with Gasteiger partial charge < -0.3 is 9.30 Å². The van der Waals surface area contributed by atoms with Crippen LogP contribution in [0.1, 0.15) is 11.4 Å². The van der Waals surface area contributed by atoms with Crippen LogP contribution in [0.2, 0.25) is 0 Å². The molecule has 3 rings (SSSR count). The number of para-hydroxylation sites is 2. The van der Waals surface area contributed by atoms with Crippen LogP contribution >= 0.6 is 11.6 Å². The average Bonchev–Trinajstić information content (AvgIpc) is 2.86. The lowest BCUT2D eigenvalue weighted by atomic mass is 10.2. The lowest BCUT2D eigenvalue weighted by Gasteiger charge is -2.08. The fourth-order valence-electron chi connectivity index (χ4n) is 2.21. The standard InChI is InChI=1S/C15H14ClN3O/c1-20-15-7-6-11(9-17-15)10-19-13-5-3-2-4-12(13)18-14(19)8-16/h2-7,9H,8,10H2,1H3. The van der Waals surface area contributed by atoms with Crippen LogP contribution in [-0.2, 0) is 12.4 Å². The van der Waals surface area contributed by atoms with Gasteiger partial charge >= 0.3 is 0 Å². The molecule has 0 unspecified atom stereocenters. The highest BCUT2D eigenvalue weighted by Crippen LogP contribution is 2.19. The van der Waals surface area contributed by atoms with Gasteiger partial charge in [-0.2, -0.15) is 0 Å². The first-order valence-electron chi connectivity index (χ1n) is 6.31. The lowest BCUT2D eigenvalue weighted by molar-refractivity contribution is 0.397. The Morgan fingerprint density at radius 1 is 1.20 bits per heavy atom. The number of methoxy groups -OCH3 is 1. The number of alkyl halides is 1. The summed E-state index contributed by atoms with van der Waals surface area (Å²) in [5.74, 6) is 1.86. The quantitative estimate of drug-likeness (QED) is 0.692. The molecule has 0 amide bonds. The number of hydrogen-bond acceptors (Lipinski definition) is 3. The molecule has 2 aromatic heterocycles. The molecule has 1 aromatic carbocycles. The van der Waals surface area contributed by atoms with E-state index < -0.39 is 0 Å². The topological polar surface area (TPSA) is 39.9 Å². The van der Waals surface area contributed by atoms with Gasteiger partial charge in [0.15, 0.2) is 0 Å². The first-order valence-corrected chi connectivity index (χ1v) is 6.84. The van der Waals surface area contributed by atoms with Crippen LogP contribution in [0.5, 0.6) is 5.88 Å². The smallest absolute Gasteiger partial charge is 0.212 e. The van der Waals surface area contributed by atoms with Crippen molar-refractivity contribution in [2.24, 2.45) is 0 Å². The summed E-state index contributed by atoms with van der Waals surface area (Å²) in [5.41, 5.74) is 3.13. The predicted molar refractivity (Wildman–Crippen MR) is 79.2 cm³/mol. The number of halogens is 1. The van der Waals surface area contributed by atoms with E-state index >= 15 is 0 Å². The third-order valence-electron chi connectivity index (χ3n) is 3.20. The fraction of sp³-hybridized carbons (Fsp3) is 0.200. The minimum atomic E-state index is 0.387.